The van der Waals surface area contributed by atoms with Gasteiger partial charge in [0, 0.05) is 42.5 Å². The van der Waals surface area contributed by atoms with E-state index in [1.165, 1.54) is 11.3 Å². The van der Waals surface area contributed by atoms with Gasteiger partial charge >= 0.3 is 0 Å². The van der Waals surface area contributed by atoms with Gasteiger partial charge in [-0.1, -0.05) is 48.0 Å². The van der Waals surface area contributed by atoms with Crippen molar-refractivity contribution in [3.8, 4) is 0 Å². The second kappa shape index (κ2) is 8.49. The standard InChI is InChI=1S/C19H23ClN2O2/c20-17-7-3-2-6-16(17)19(23)14-21-13-15-5-1-4-8-18(15)22-9-11-24-12-10-22/h1-8,19,21,23H,9-14H2. The van der Waals surface area contributed by atoms with Crippen molar-refractivity contribution in [2.45, 2.75) is 12.6 Å². The number of halogens is 1. The average molecular weight is 347 g/mol. The largest absolute Gasteiger partial charge is 0.387 e. The van der Waals surface area contributed by atoms with Gasteiger partial charge in [-0.05, 0) is 17.7 Å². The van der Waals surface area contributed by atoms with Crippen molar-refractivity contribution in [3.63, 3.8) is 0 Å². The molecule has 1 saturated heterocycles. The van der Waals surface area contributed by atoms with Gasteiger partial charge in [-0.25, -0.2) is 0 Å². The Bertz CT molecular complexity index is 659. The Morgan fingerprint density at radius 1 is 1.08 bits per heavy atom. The fourth-order valence-corrected chi connectivity index (χ4v) is 3.23. The maximum atomic E-state index is 10.3. The molecule has 0 amide bonds. The lowest BCUT2D eigenvalue weighted by atomic mass is 10.1. The van der Waals surface area contributed by atoms with Crippen molar-refractivity contribution < 1.29 is 9.84 Å². The number of benzene rings is 2. The van der Waals surface area contributed by atoms with E-state index in [1.54, 1.807) is 6.07 Å². The molecule has 1 aliphatic rings. The van der Waals surface area contributed by atoms with Crippen LogP contribution in [0.3, 0.4) is 0 Å². The molecule has 2 N–H and O–H groups in total. The van der Waals surface area contributed by atoms with Gasteiger partial charge in [-0.15, -0.1) is 0 Å². The van der Waals surface area contributed by atoms with E-state index >= 15 is 0 Å². The maximum absolute atomic E-state index is 10.3. The van der Waals surface area contributed by atoms with Crippen LogP contribution in [0, 0.1) is 0 Å². The van der Waals surface area contributed by atoms with Gasteiger partial charge in [0.1, 0.15) is 0 Å². The van der Waals surface area contributed by atoms with Crippen molar-refractivity contribution in [2.24, 2.45) is 0 Å². The van der Waals surface area contributed by atoms with Crippen LogP contribution in [0.1, 0.15) is 17.2 Å². The lowest BCUT2D eigenvalue weighted by Gasteiger charge is -2.30. The summed E-state index contributed by atoms with van der Waals surface area (Å²) in [5.74, 6) is 0. The van der Waals surface area contributed by atoms with Crippen LogP contribution in [0.25, 0.3) is 0 Å². The summed E-state index contributed by atoms with van der Waals surface area (Å²) in [5, 5.41) is 14.3. The van der Waals surface area contributed by atoms with Crippen molar-refractivity contribution in [1.29, 1.82) is 0 Å². The molecule has 3 rings (SSSR count). The Labute approximate surface area is 148 Å². The molecule has 128 valence electrons. The Hall–Kier alpha value is -1.59. The molecule has 1 aliphatic heterocycles. The SMILES string of the molecule is OC(CNCc1ccccc1N1CCOCC1)c1ccccc1Cl. The number of nitrogens with zero attached hydrogens (tertiary/aromatic N) is 1. The zero-order chi connectivity index (χ0) is 16.8. The summed E-state index contributed by atoms with van der Waals surface area (Å²) in [6, 6.07) is 15.8. The van der Waals surface area contributed by atoms with E-state index in [0.717, 1.165) is 31.9 Å². The first-order chi connectivity index (χ1) is 11.8. The quantitative estimate of drug-likeness (QED) is 0.844. The van der Waals surface area contributed by atoms with Crippen LogP contribution in [-0.4, -0.2) is 38.0 Å². The first-order valence-corrected chi connectivity index (χ1v) is 8.67. The summed E-state index contributed by atoms with van der Waals surface area (Å²) in [7, 11) is 0. The molecule has 0 bridgehead atoms. The number of aliphatic hydroxyl groups is 1. The first kappa shape index (κ1) is 17.2. The number of hydrogen-bond donors (Lipinski definition) is 2. The van der Waals surface area contributed by atoms with E-state index in [2.05, 4.69) is 28.4 Å². The van der Waals surface area contributed by atoms with Gasteiger partial charge in [-0.2, -0.15) is 0 Å². The average Bonchev–Trinajstić information content (AvgIpc) is 2.63. The van der Waals surface area contributed by atoms with Crippen molar-refractivity contribution in [3.05, 3.63) is 64.7 Å². The third-order valence-corrected chi connectivity index (χ3v) is 4.60. The van der Waals surface area contributed by atoms with Gasteiger partial charge in [0.15, 0.2) is 0 Å². The van der Waals surface area contributed by atoms with Crippen molar-refractivity contribution in [1.82, 2.24) is 5.32 Å². The number of para-hydroxylation sites is 1. The number of nitrogens with one attached hydrogen (secondary N) is 1. The lowest BCUT2D eigenvalue weighted by Crippen LogP contribution is -2.37. The molecule has 0 radical (unpaired) electrons. The van der Waals surface area contributed by atoms with Crippen LogP contribution in [0.4, 0.5) is 5.69 Å². The van der Waals surface area contributed by atoms with Gasteiger partial charge in [0.05, 0.1) is 19.3 Å². The predicted octanol–water partition coefficient (Wildman–Crippen LogP) is 3.00. The minimum absolute atomic E-state index is 0.460. The number of morpholine rings is 1. The molecule has 1 unspecified atom stereocenters. The van der Waals surface area contributed by atoms with Crippen LogP contribution in [0.2, 0.25) is 5.02 Å². The third-order valence-electron chi connectivity index (χ3n) is 4.26. The summed E-state index contributed by atoms with van der Waals surface area (Å²) < 4.78 is 5.43. The molecule has 4 nitrogen and oxygen atoms in total. The molecule has 2 aromatic rings. The molecular formula is C19H23ClN2O2. The van der Waals surface area contributed by atoms with E-state index in [-0.39, 0.29) is 0 Å². The highest BCUT2D eigenvalue weighted by molar-refractivity contribution is 6.31. The van der Waals surface area contributed by atoms with Crippen LogP contribution in [-0.2, 0) is 11.3 Å². The fourth-order valence-electron chi connectivity index (χ4n) is 2.97. The molecule has 0 spiro atoms. The van der Waals surface area contributed by atoms with Crippen molar-refractivity contribution in [2.75, 3.05) is 37.7 Å². The van der Waals surface area contributed by atoms with Gasteiger partial charge in [0.2, 0.25) is 0 Å². The van der Waals surface area contributed by atoms with Crippen LogP contribution < -0.4 is 10.2 Å². The Morgan fingerprint density at radius 3 is 2.58 bits per heavy atom. The zero-order valence-electron chi connectivity index (χ0n) is 13.6. The lowest BCUT2D eigenvalue weighted by molar-refractivity contribution is 0.122. The molecule has 0 aliphatic carbocycles. The highest BCUT2D eigenvalue weighted by Crippen LogP contribution is 2.23. The minimum atomic E-state index is -0.616. The van der Waals surface area contributed by atoms with Crippen LogP contribution >= 0.6 is 11.6 Å². The maximum Gasteiger partial charge on any atom is 0.0928 e. The van der Waals surface area contributed by atoms with Crippen LogP contribution in [0.15, 0.2) is 48.5 Å². The fraction of sp³-hybridized carbons (Fsp3) is 0.368. The third kappa shape index (κ3) is 4.28. The molecule has 1 fully saturated rings. The number of hydrogen-bond acceptors (Lipinski definition) is 4. The Kier molecular flexibility index (Phi) is 6.10. The second-order valence-electron chi connectivity index (χ2n) is 5.90. The van der Waals surface area contributed by atoms with Crippen molar-refractivity contribution >= 4 is 17.3 Å². The normalized spacial score (nSPS) is 16.2. The summed E-state index contributed by atoms with van der Waals surface area (Å²) in [6.07, 6.45) is -0.616. The summed E-state index contributed by atoms with van der Waals surface area (Å²) in [4.78, 5) is 2.35. The van der Waals surface area contributed by atoms with E-state index in [1.807, 2.05) is 24.3 Å². The summed E-state index contributed by atoms with van der Waals surface area (Å²) in [6.45, 7) is 4.54. The highest BCUT2D eigenvalue weighted by Gasteiger charge is 2.15. The van der Waals surface area contributed by atoms with E-state index in [9.17, 15) is 5.11 Å². The van der Waals surface area contributed by atoms with Gasteiger partial charge < -0.3 is 20.1 Å². The molecule has 2 aromatic carbocycles. The molecule has 1 atom stereocenters. The van der Waals surface area contributed by atoms with E-state index < -0.39 is 6.10 Å². The second-order valence-corrected chi connectivity index (χ2v) is 6.30. The topological polar surface area (TPSA) is 44.7 Å². The zero-order valence-corrected chi connectivity index (χ0v) is 14.4. The van der Waals surface area contributed by atoms with Crippen LogP contribution in [0.5, 0.6) is 0 Å². The summed E-state index contributed by atoms with van der Waals surface area (Å²) in [5.41, 5.74) is 3.22. The number of rotatable bonds is 6. The Balaban J connectivity index is 1.60. The first-order valence-electron chi connectivity index (χ1n) is 8.29. The number of aliphatic hydroxyl groups excluding tert-OH is 1. The molecule has 24 heavy (non-hydrogen) atoms. The summed E-state index contributed by atoms with van der Waals surface area (Å²) >= 11 is 6.14. The van der Waals surface area contributed by atoms with Gasteiger partial charge in [-0.3, -0.25) is 0 Å². The van der Waals surface area contributed by atoms with E-state index in [4.69, 9.17) is 16.3 Å². The molecule has 1 heterocycles. The monoisotopic (exact) mass is 346 g/mol. The molecule has 0 saturated carbocycles. The molecule has 5 heteroatoms. The van der Waals surface area contributed by atoms with Gasteiger partial charge in [0.25, 0.3) is 0 Å². The minimum Gasteiger partial charge on any atom is -0.387 e. The Morgan fingerprint density at radius 2 is 1.79 bits per heavy atom. The number of ether oxygens (including phenoxy) is 1. The predicted molar refractivity (Wildman–Crippen MR) is 97.6 cm³/mol. The molecule has 0 aromatic heterocycles. The number of anilines is 1. The van der Waals surface area contributed by atoms with E-state index in [0.29, 0.717) is 18.1 Å². The highest BCUT2D eigenvalue weighted by atomic mass is 35.5. The molecular weight excluding hydrogens is 324 g/mol. The smallest absolute Gasteiger partial charge is 0.0928 e.